The van der Waals surface area contributed by atoms with Gasteiger partial charge in [0.1, 0.15) is 0 Å². The van der Waals surface area contributed by atoms with E-state index in [1.807, 2.05) is 0 Å². The van der Waals surface area contributed by atoms with Crippen LogP contribution < -0.4 is 11.7 Å². The van der Waals surface area contributed by atoms with Gasteiger partial charge in [-0.25, -0.2) is 40.9 Å². The molecule has 0 heterocycles. The first kappa shape index (κ1) is 24.1. The molecule has 2 rings (SSSR count). The highest BCUT2D eigenvalue weighted by molar-refractivity contribution is 6.33. The van der Waals surface area contributed by atoms with E-state index in [-0.39, 0.29) is 12.1 Å². The van der Waals surface area contributed by atoms with Crippen molar-refractivity contribution in [1.82, 2.24) is 10.0 Å². The van der Waals surface area contributed by atoms with E-state index in [4.69, 9.17) is 11.7 Å². The summed E-state index contributed by atoms with van der Waals surface area (Å²) in [5.41, 5.74) is 0. The summed E-state index contributed by atoms with van der Waals surface area (Å²) in [5, 5.41) is 1.70. The van der Waals surface area contributed by atoms with Crippen LogP contribution in [-0.2, 0) is 19.1 Å². The molecule has 0 atom stereocenters. The molecular formula is C20H34N4O6. The summed E-state index contributed by atoms with van der Waals surface area (Å²) in [4.78, 5) is 48.0. The molecular weight excluding hydrogens is 392 g/mol. The minimum atomic E-state index is -1.60. The number of carbonyl (C=O) groups excluding carboxylic acids is 4. The Morgan fingerprint density at radius 1 is 0.533 bits per heavy atom. The molecule has 2 aliphatic rings. The van der Waals surface area contributed by atoms with Crippen molar-refractivity contribution in [3.63, 3.8) is 0 Å². The predicted molar refractivity (Wildman–Crippen MR) is 107 cm³/mol. The molecule has 2 fully saturated rings. The van der Waals surface area contributed by atoms with E-state index >= 15 is 0 Å². The van der Waals surface area contributed by atoms with Crippen molar-refractivity contribution in [2.45, 2.75) is 102 Å². The van der Waals surface area contributed by atoms with E-state index in [0.29, 0.717) is 25.7 Å². The van der Waals surface area contributed by atoms with Gasteiger partial charge in [-0.1, -0.05) is 64.2 Å². The lowest BCUT2D eigenvalue weighted by Gasteiger charge is -2.28. The fourth-order valence-electron chi connectivity index (χ4n) is 4.07. The van der Waals surface area contributed by atoms with Gasteiger partial charge in [-0.15, -0.1) is 0 Å². The summed E-state index contributed by atoms with van der Waals surface area (Å²) < 4.78 is 9.00. The van der Waals surface area contributed by atoms with Crippen molar-refractivity contribution in [2.75, 3.05) is 0 Å². The summed E-state index contributed by atoms with van der Waals surface area (Å²) in [6.45, 7) is 0. The molecule has 30 heavy (non-hydrogen) atoms. The van der Waals surface area contributed by atoms with Gasteiger partial charge in [-0.3, -0.25) is 0 Å². The van der Waals surface area contributed by atoms with Gasteiger partial charge in [0.25, 0.3) is 0 Å². The lowest BCUT2D eigenvalue weighted by molar-refractivity contribution is -0.161. The second-order valence-electron chi connectivity index (χ2n) is 8.12. The van der Waals surface area contributed by atoms with E-state index in [2.05, 4.69) is 9.47 Å². The Kier molecular flexibility index (Phi) is 10.0. The van der Waals surface area contributed by atoms with Gasteiger partial charge in [-0.2, -0.15) is 0 Å². The lowest BCUT2D eigenvalue weighted by atomic mass is 9.96. The normalized spacial score (nSPS) is 19.4. The minimum absolute atomic E-state index is 0.262. The molecule has 170 valence electrons. The molecule has 2 aliphatic carbocycles. The highest BCUT2D eigenvalue weighted by atomic mass is 16.7. The quantitative estimate of drug-likeness (QED) is 0.171. The van der Waals surface area contributed by atoms with Crippen molar-refractivity contribution in [3.8, 4) is 0 Å². The van der Waals surface area contributed by atoms with Crippen LogP contribution in [0.25, 0.3) is 0 Å². The molecule has 2 saturated carbocycles. The van der Waals surface area contributed by atoms with Crippen LogP contribution in [-0.4, -0.2) is 46.2 Å². The maximum Gasteiger partial charge on any atom is 0.432 e. The van der Waals surface area contributed by atoms with E-state index in [1.165, 1.54) is 0 Å². The van der Waals surface area contributed by atoms with Crippen molar-refractivity contribution in [1.29, 1.82) is 0 Å². The molecule has 2 amide bonds. The molecule has 0 aromatic carbocycles. The zero-order valence-electron chi connectivity index (χ0n) is 17.6. The Morgan fingerprint density at radius 2 is 0.800 bits per heavy atom. The molecule has 0 radical (unpaired) electrons. The first-order chi connectivity index (χ1) is 14.4. The summed E-state index contributed by atoms with van der Waals surface area (Å²) >= 11 is 0. The van der Waals surface area contributed by atoms with Crippen LogP contribution in [0.3, 0.4) is 0 Å². The minimum Gasteiger partial charge on any atom is -0.366 e. The van der Waals surface area contributed by atoms with Crippen LogP contribution in [0.15, 0.2) is 0 Å². The van der Waals surface area contributed by atoms with Gasteiger partial charge in [0.2, 0.25) is 0 Å². The zero-order chi connectivity index (χ0) is 21.9. The first-order valence-electron chi connectivity index (χ1n) is 11.0. The van der Waals surface area contributed by atoms with E-state index in [1.54, 1.807) is 0 Å². The number of hydrogen-bond donors (Lipinski definition) is 2. The number of nitrogens with two attached hydrogens (primary N) is 2. The second kappa shape index (κ2) is 12.5. The Hall–Kier alpha value is -2.20. The zero-order valence-corrected chi connectivity index (χ0v) is 17.6. The number of carbonyl (C=O) groups is 4. The summed E-state index contributed by atoms with van der Waals surface area (Å²) in [7, 11) is 0. The molecule has 0 spiro atoms. The number of esters is 2. The van der Waals surface area contributed by atoms with Crippen LogP contribution in [0.2, 0.25) is 0 Å². The third kappa shape index (κ3) is 7.56. The van der Waals surface area contributed by atoms with Gasteiger partial charge >= 0.3 is 24.1 Å². The molecule has 0 saturated heterocycles. The predicted octanol–water partition coefficient (Wildman–Crippen LogP) is 2.89. The number of hydrazine groups is 2. The largest absolute Gasteiger partial charge is 0.432 e. The Labute approximate surface area is 177 Å². The monoisotopic (exact) mass is 426 g/mol. The third-order valence-electron chi connectivity index (χ3n) is 5.88. The number of nitrogens with zero attached hydrogens (tertiary/aromatic N) is 2. The number of ether oxygens (including phenoxy) is 2. The standard InChI is InChI=1S/C20H34N4O6/c21-23(15-11-7-3-1-4-8-12-15)19(27)29-17(25)18(26)30-20(28)24(22)16-13-9-5-2-6-10-14-16/h15-16H,1-14,21-22H2. The molecule has 4 N–H and O–H groups in total. The highest BCUT2D eigenvalue weighted by Gasteiger charge is 2.31. The maximum absolute atomic E-state index is 12.1. The van der Waals surface area contributed by atoms with Crippen LogP contribution in [0.4, 0.5) is 9.59 Å². The van der Waals surface area contributed by atoms with Crippen LogP contribution >= 0.6 is 0 Å². The average Bonchev–Trinajstić information content (AvgIpc) is 2.66. The van der Waals surface area contributed by atoms with Crippen LogP contribution in [0, 0.1) is 0 Å². The van der Waals surface area contributed by atoms with Gasteiger partial charge in [0.15, 0.2) is 0 Å². The molecule has 0 unspecified atom stereocenters. The van der Waals surface area contributed by atoms with Crippen molar-refractivity contribution < 1.29 is 28.7 Å². The number of amides is 2. The van der Waals surface area contributed by atoms with Crippen molar-refractivity contribution in [3.05, 3.63) is 0 Å². The Bertz CT molecular complexity index is 546. The van der Waals surface area contributed by atoms with Gasteiger partial charge in [0.05, 0.1) is 12.1 Å². The highest BCUT2D eigenvalue weighted by Crippen LogP contribution is 2.21. The van der Waals surface area contributed by atoms with Gasteiger partial charge in [-0.05, 0) is 25.7 Å². The first-order valence-corrected chi connectivity index (χ1v) is 11.0. The van der Waals surface area contributed by atoms with Crippen LogP contribution in [0.1, 0.15) is 89.9 Å². The van der Waals surface area contributed by atoms with Gasteiger partial charge in [0, 0.05) is 0 Å². The molecule has 0 aromatic rings. The van der Waals surface area contributed by atoms with Crippen molar-refractivity contribution >= 4 is 24.1 Å². The molecule has 0 aromatic heterocycles. The molecule has 10 nitrogen and oxygen atoms in total. The Balaban J connectivity index is 1.81. The summed E-state index contributed by atoms with van der Waals surface area (Å²) in [6, 6.07) is -0.524. The third-order valence-corrected chi connectivity index (χ3v) is 5.88. The van der Waals surface area contributed by atoms with E-state index < -0.39 is 24.1 Å². The van der Waals surface area contributed by atoms with E-state index in [9.17, 15) is 19.2 Å². The number of rotatable bonds is 2. The molecule has 0 bridgehead atoms. The average molecular weight is 427 g/mol. The summed E-state index contributed by atoms with van der Waals surface area (Å²) in [5.74, 6) is 8.40. The SMILES string of the molecule is NN(C(=O)OC(=O)C(=O)OC(=O)N(N)C1CCCCCCC1)C1CCCCCCC1. The second-order valence-corrected chi connectivity index (χ2v) is 8.12. The lowest BCUT2D eigenvalue weighted by Crippen LogP contribution is -2.49. The van der Waals surface area contributed by atoms with Crippen molar-refractivity contribution in [2.24, 2.45) is 11.7 Å². The fraction of sp³-hybridized carbons (Fsp3) is 0.800. The summed E-state index contributed by atoms with van der Waals surface area (Å²) in [6.07, 6.45) is 10.7. The number of hydrogen-bond acceptors (Lipinski definition) is 8. The molecule has 0 aliphatic heterocycles. The fourth-order valence-corrected chi connectivity index (χ4v) is 4.07. The smallest absolute Gasteiger partial charge is 0.366 e. The van der Waals surface area contributed by atoms with Crippen LogP contribution in [0.5, 0.6) is 0 Å². The maximum atomic E-state index is 12.1. The topological polar surface area (TPSA) is 145 Å². The van der Waals surface area contributed by atoms with E-state index in [0.717, 1.165) is 74.2 Å². The Morgan fingerprint density at radius 3 is 1.10 bits per heavy atom. The van der Waals surface area contributed by atoms with Gasteiger partial charge < -0.3 is 9.47 Å². The molecule has 10 heteroatoms.